The van der Waals surface area contributed by atoms with Gasteiger partial charge in [-0.3, -0.25) is 9.78 Å². The van der Waals surface area contributed by atoms with Gasteiger partial charge in [0, 0.05) is 18.3 Å². The van der Waals surface area contributed by atoms with Crippen LogP contribution in [0.1, 0.15) is 59.2 Å². The number of carbonyl (C=O) groups is 2. The maximum atomic E-state index is 13.1. The fourth-order valence-corrected chi connectivity index (χ4v) is 6.83. The van der Waals surface area contributed by atoms with Crippen molar-refractivity contribution in [1.82, 2.24) is 10.3 Å². The number of hydrogen-bond donors (Lipinski definition) is 1. The molecule has 1 aromatic heterocycles. The summed E-state index contributed by atoms with van der Waals surface area (Å²) in [6, 6.07) is 8.52. The van der Waals surface area contributed by atoms with Gasteiger partial charge in [0.1, 0.15) is 0 Å². The number of aromatic nitrogens is 1. The first-order valence-electron chi connectivity index (χ1n) is 11.1. The Hall–Kier alpha value is -2.40. The zero-order valence-corrected chi connectivity index (χ0v) is 18.5. The largest absolute Gasteiger partial charge is 0.465 e. The van der Waals surface area contributed by atoms with Crippen molar-refractivity contribution in [3.05, 3.63) is 52.7 Å². The molecule has 31 heavy (non-hydrogen) atoms. The Bertz CT molecular complexity index is 1000. The van der Waals surface area contributed by atoms with E-state index in [9.17, 15) is 9.59 Å². The summed E-state index contributed by atoms with van der Waals surface area (Å²) in [5.41, 5.74) is 2.15. The van der Waals surface area contributed by atoms with Gasteiger partial charge in [-0.05, 0) is 86.0 Å². The van der Waals surface area contributed by atoms with Crippen LogP contribution in [-0.2, 0) is 4.74 Å². The molecular formula is C25H27ClN2O3. The lowest BCUT2D eigenvalue weighted by atomic mass is 9.49. The van der Waals surface area contributed by atoms with Crippen molar-refractivity contribution in [2.75, 3.05) is 13.7 Å². The van der Waals surface area contributed by atoms with Crippen LogP contribution in [0.15, 0.2) is 36.5 Å². The predicted molar refractivity (Wildman–Crippen MR) is 119 cm³/mol. The lowest BCUT2D eigenvalue weighted by Gasteiger charge is -2.56. The number of esters is 1. The van der Waals surface area contributed by atoms with E-state index in [1.54, 1.807) is 36.5 Å². The molecule has 4 fully saturated rings. The summed E-state index contributed by atoms with van der Waals surface area (Å²) >= 11 is 6.39. The minimum atomic E-state index is -0.467. The van der Waals surface area contributed by atoms with E-state index in [0.717, 1.165) is 17.8 Å². The summed E-state index contributed by atoms with van der Waals surface area (Å²) in [4.78, 5) is 29.6. The Balaban J connectivity index is 1.37. The standard InChI is InChI=1S/C25H27ClN2O3/c1-31-24(30)19-3-2-6-27-22(19)18-4-5-21(26)20(10-18)23(29)28-14-25-11-15-7-16(12-25)9-17(8-15)13-25/h2-6,10,15-17H,7-9,11-14H2,1H3,(H,28,29). The molecule has 6 rings (SSSR count). The van der Waals surface area contributed by atoms with E-state index in [1.807, 2.05) is 0 Å². The second kappa shape index (κ2) is 7.94. The first-order valence-corrected chi connectivity index (χ1v) is 11.5. The number of pyridine rings is 1. The molecule has 0 radical (unpaired) electrons. The van der Waals surface area contributed by atoms with Crippen molar-refractivity contribution in [2.45, 2.75) is 38.5 Å². The van der Waals surface area contributed by atoms with Crippen LogP contribution in [0.2, 0.25) is 5.02 Å². The van der Waals surface area contributed by atoms with E-state index in [2.05, 4.69) is 10.3 Å². The van der Waals surface area contributed by atoms with Crippen LogP contribution in [-0.4, -0.2) is 30.5 Å². The third-order valence-electron chi connectivity index (χ3n) is 7.49. The maximum Gasteiger partial charge on any atom is 0.340 e. The molecule has 0 aliphatic heterocycles. The van der Waals surface area contributed by atoms with Crippen LogP contribution in [0, 0.1) is 23.2 Å². The van der Waals surface area contributed by atoms with Crippen LogP contribution in [0.3, 0.4) is 0 Å². The summed E-state index contributed by atoms with van der Waals surface area (Å²) in [6.45, 7) is 0.715. The van der Waals surface area contributed by atoms with Crippen molar-refractivity contribution in [1.29, 1.82) is 0 Å². The van der Waals surface area contributed by atoms with Gasteiger partial charge >= 0.3 is 5.97 Å². The molecule has 2 aromatic rings. The highest BCUT2D eigenvalue weighted by atomic mass is 35.5. The Morgan fingerprint density at radius 1 is 1.10 bits per heavy atom. The molecule has 4 saturated carbocycles. The van der Waals surface area contributed by atoms with E-state index < -0.39 is 5.97 Å². The van der Waals surface area contributed by atoms with E-state index in [4.69, 9.17) is 16.3 Å². The van der Waals surface area contributed by atoms with Crippen LogP contribution < -0.4 is 5.32 Å². The second-order valence-corrected chi connectivity index (χ2v) is 10.1. The van der Waals surface area contributed by atoms with Crippen molar-refractivity contribution in [3.63, 3.8) is 0 Å². The van der Waals surface area contributed by atoms with Crippen molar-refractivity contribution < 1.29 is 14.3 Å². The van der Waals surface area contributed by atoms with Gasteiger partial charge in [-0.15, -0.1) is 0 Å². The van der Waals surface area contributed by atoms with Crippen molar-refractivity contribution in [3.8, 4) is 11.3 Å². The summed E-state index contributed by atoms with van der Waals surface area (Å²) in [7, 11) is 1.34. The zero-order valence-electron chi connectivity index (χ0n) is 17.7. The van der Waals surface area contributed by atoms with E-state index in [0.29, 0.717) is 34.0 Å². The number of ether oxygens (including phenoxy) is 1. The molecule has 5 nitrogen and oxygen atoms in total. The molecule has 0 unspecified atom stereocenters. The van der Waals surface area contributed by atoms with Crippen molar-refractivity contribution >= 4 is 23.5 Å². The summed E-state index contributed by atoms with van der Waals surface area (Å²) in [5.74, 6) is 1.90. The van der Waals surface area contributed by atoms with Gasteiger partial charge < -0.3 is 10.1 Å². The normalized spacial score (nSPS) is 28.4. The minimum absolute atomic E-state index is 0.168. The van der Waals surface area contributed by atoms with Gasteiger partial charge in [-0.1, -0.05) is 17.7 Å². The molecule has 162 valence electrons. The Morgan fingerprint density at radius 2 is 1.77 bits per heavy atom. The van der Waals surface area contributed by atoms with E-state index in [-0.39, 0.29) is 11.3 Å². The molecule has 1 amide bonds. The maximum absolute atomic E-state index is 13.1. The van der Waals surface area contributed by atoms with Gasteiger partial charge in [0.25, 0.3) is 5.91 Å². The van der Waals surface area contributed by atoms with Gasteiger partial charge in [0.15, 0.2) is 0 Å². The topological polar surface area (TPSA) is 68.3 Å². The number of nitrogens with one attached hydrogen (secondary N) is 1. The molecule has 0 atom stereocenters. The van der Waals surface area contributed by atoms with Crippen molar-refractivity contribution in [2.24, 2.45) is 23.2 Å². The molecular weight excluding hydrogens is 412 g/mol. The molecule has 4 bridgehead atoms. The smallest absolute Gasteiger partial charge is 0.340 e. The Labute approximate surface area is 187 Å². The number of amides is 1. The number of rotatable bonds is 5. The zero-order chi connectivity index (χ0) is 21.6. The molecule has 1 heterocycles. The average Bonchev–Trinajstić information content (AvgIpc) is 2.76. The third-order valence-corrected chi connectivity index (χ3v) is 7.82. The summed E-state index contributed by atoms with van der Waals surface area (Å²) < 4.78 is 4.87. The second-order valence-electron chi connectivity index (χ2n) is 9.69. The highest BCUT2D eigenvalue weighted by molar-refractivity contribution is 6.34. The lowest BCUT2D eigenvalue weighted by molar-refractivity contribution is -0.0503. The monoisotopic (exact) mass is 438 g/mol. The van der Waals surface area contributed by atoms with Gasteiger partial charge in [0.2, 0.25) is 0 Å². The highest BCUT2D eigenvalue weighted by Crippen LogP contribution is 2.59. The Kier molecular flexibility index (Phi) is 5.25. The fraction of sp³-hybridized carbons (Fsp3) is 0.480. The van der Waals surface area contributed by atoms with Crippen LogP contribution in [0.4, 0.5) is 0 Å². The number of halogens is 1. The highest BCUT2D eigenvalue weighted by Gasteiger charge is 2.50. The first kappa shape index (κ1) is 20.5. The number of nitrogens with zero attached hydrogens (tertiary/aromatic N) is 1. The predicted octanol–water partition coefficient (Wildman–Crippen LogP) is 5.13. The first-order chi connectivity index (χ1) is 15.0. The fourth-order valence-electron chi connectivity index (χ4n) is 6.63. The summed E-state index contributed by atoms with van der Waals surface area (Å²) in [5, 5.41) is 3.58. The minimum Gasteiger partial charge on any atom is -0.465 e. The Morgan fingerprint density at radius 3 is 2.42 bits per heavy atom. The quantitative estimate of drug-likeness (QED) is 0.656. The van der Waals surface area contributed by atoms with Crippen LogP contribution >= 0.6 is 11.6 Å². The van der Waals surface area contributed by atoms with E-state index >= 15 is 0 Å². The molecule has 1 aromatic carbocycles. The molecule has 1 N–H and O–H groups in total. The number of carbonyl (C=O) groups excluding carboxylic acids is 2. The number of benzene rings is 1. The van der Waals surface area contributed by atoms with Gasteiger partial charge in [-0.25, -0.2) is 4.79 Å². The number of methoxy groups -OCH3 is 1. The van der Waals surface area contributed by atoms with Gasteiger partial charge in [-0.2, -0.15) is 0 Å². The average molecular weight is 439 g/mol. The van der Waals surface area contributed by atoms with Gasteiger partial charge in [0.05, 0.1) is 29.0 Å². The summed E-state index contributed by atoms with van der Waals surface area (Å²) in [6.07, 6.45) is 9.48. The molecule has 4 aliphatic rings. The molecule has 0 saturated heterocycles. The van der Waals surface area contributed by atoms with E-state index in [1.165, 1.54) is 45.6 Å². The molecule has 6 heteroatoms. The van der Waals surface area contributed by atoms with Crippen LogP contribution in [0.25, 0.3) is 11.3 Å². The molecule has 0 spiro atoms. The lowest BCUT2D eigenvalue weighted by Crippen LogP contribution is -2.51. The number of hydrogen-bond acceptors (Lipinski definition) is 4. The van der Waals surface area contributed by atoms with Crippen LogP contribution in [0.5, 0.6) is 0 Å². The molecule has 4 aliphatic carbocycles. The SMILES string of the molecule is COC(=O)c1cccnc1-c1ccc(Cl)c(C(=O)NCC23CC4CC(CC(C4)C2)C3)c1. The third kappa shape index (κ3) is 3.84.